The molecule has 0 amide bonds. The molecule has 0 bridgehead atoms. The average molecular weight is 273 g/mol. The van der Waals surface area contributed by atoms with Crippen LogP contribution in [0.5, 0.6) is 11.5 Å². The lowest BCUT2D eigenvalue weighted by molar-refractivity contribution is 0.171. The van der Waals surface area contributed by atoms with Crippen molar-refractivity contribution < 1.29 is 23.0 Å². The Morgan fingerprint density at radius 1 is 1.33 bits per heavy atom. The van der Waals surface area contributed by atoms with E-state index >= 15 is 0 Å². The van der Waals surface area contributed by atoms with Gasteiger partial charge in [0.15, 0.2) is 11.5 Å². The Morgan fingerprint density at radius 3 is 2.67 bits per heavy atom. The van der Waals surface area contributed by atoms with E-state index < -0.39 is 16.1 Å². The Kier molecular flexibility index (Phi) is 3.74. The smallest absolute Gasteiger partial charge is 0.241 e. The number of benzene rings is 1. The zero-order valence-electron chi connectivity index (χ0n) is 9.92. The van der Waals surface area contributed by atoms with Gasteiger partial charge in [-0.15, -0.1) is 0 Å². The molecule has 6 nitrogen and oxygen atoms in total. The maximum atomic E-state index is 12.0. The van der Waals surface area contributed by atoms with Crippen molar-refractivity contribution in [3.8, 4) is 11.5 Å². The molecule has 1 heterocycles. The fourth-order valence-corrected chi connectivity index (χ4v) is 2.81. The van der Waals surface area contributed by atoms with Gasteiger partial charge in [-0.3, -0.25) is 0 Å². The number of sulfonamides is 1. The van der Waals surface area contributed by atoms with E-state index in [2.05, 4.69) is 4.72 Å². The number of hydrogen-bond donors (Lipinski definition) is 2. The lowest BCUT2D eigenvalue weighted by Crippen LogP contribution is -2.35. The molecule has 0 unspecified atom stereocenters. The van der Waals surface area contributed by atoms with E-state index in [0.29, 0.717) is 24.7 Å². The molecule has 100 valence electrons. The molecule has 0 aromatic heterocycles. The van der Waals surface area contributed by atoms with Crippen molar-refractivity contribution in [3.63, 3.8) is 0 Å². The van der Waals surface area contributed by atoms with Gasteiger partial charge < -0.3 is 14.6 Å². The monoisotopic (exact) mass is 273 g/mol. The first-order valence-electron chi connectivity index (χ1n) is 5.56. The highest BCUT2D eigenvalue weighted by Gasteiger charge is 2.20. The molecule has 7 heteroatoms. The highest BCUT2D eigenvalue weighted by molar-refractivity contribution is 7.89. The van der Waals surface area contributed by atoms with Crippen molar-refractivity contribution in [1.29, 1.82) is 0 Å². The Labute approximate surface area is 106 Å². The predicted octanol–water partition coefficient (Wildman–Crippen LogP) is 0.117. The van der Waals surface area contributed by atoms with Crippen molar-refractivity contribution in [2.45, 2.75) is 17.9 Å². The first-order chi connectivity index (χ1) is 8.53. The molecule has 0 spiro atoms. The van der Waals surface area contributed by atoms with Crippen LogP contribution in [-0.2, 0) is 10.0 Å². The molecule has 0 radical (unpaired) electrons. The molecule has 1 aliphatic heterocycles. The van der Waals surface area contributed by atoms with Gasteiger partial charge in [-0.1, -0.05) is 0 Å². The molecule has 1 aliphatic rings. The minimum Gasteiger partial charge on any atom is -0.486 e. The second-order valence-corrected chi connectivity index (χ2v) is 5.72. The van der Waals surface area contributed by atoms with Gasteiger partial charge in [0.1, 0.15) is 13.2 Å². The van der Waals surface area contributed by atoms with Crippen LogP contribution in [0.1, 0.15) is 6.92 Å². The summed E-state index contributed by atoms with van der Waals surface area (Å²) in [6.45, 7) is 2.18. The maximum absolute atomic E-state index is 12.0. The molecular weight excluding hydrogens is 258 g/mol. The summed E-state index contributed by atoms with van der Waals surface area (Å²) in [5.74, 6) is 0.955. The van der Waals surface area contributed by atoms with Crippen LogP contribution in [0, 0.1) is 0 Å². The Balaban J connectivity index is 2.28. The van der Waals surface area contributed by atoms with Crippen molar-refractivity contribution in [2.75, 3.05) is 19.8 Å². The zero-order chi connectivity index (χ0) is 13.2. The molecule has 1 aromatic rings. The summed E-state index contributed by atoms with van der Waals surface area (Å²) in [6, 6.07) is 3.89. The maximum Gasteiger partial charge on any atom is 0.241 e. The molecule has 1 aromatic carbocycles. The summed E-state index contributed by atoms with van der Waals surface area (Å²) in [5.41, 5.74) is 0. The number of nitrogens with one attached hydrogen (secondary N) is 1. The fourth-order valence-electron chi connectivity index (χ4n) is 1.56. The number of aliphatic hydroxyl groups is 1. The quantitative estimate of drug-likeness (QED) is 0.813. The summed E-state index contributed by atoms with van der Waals surface area (Å²) < 4.78 is 36.9. The van der Waals surface area contributed by atoms with Gasteiger partial charge in [0, 0.05) is 12.1 Å². The summed E-state index contributed by atoms with van der Waals surface area (Å²) in [7, 11) is -3.65. The third-order valence-corrected chi connectivity index (χ3v) is 4.04. The first-order valence-corrected chi connectivity index (χ1v) is 7.04. The topological polar surface area (TPSA) is 84.9 Å². The van der Waals surface area contributed by atoms with Crippen molar-refractivity contribution in [1.82, 2.24) is 4.72 Å². The van der Waals surface area contributed by atoms with E-state index in [0.717, 1.165) is 0 Å². The first kappa shape index (κ1) is 13.1. The van der Waals surface area contributed by atoms with Crippen LogP contribution >= 0.6 is 0 Å². The normalized spacial score (nSPS) is 16.3. The fraction of sp³-hybridized carbons (Fsp3) is 0.455. The minimum absolute atomic E-state index is 0.0899. The Morgan fingerprint density at radius 2 is 2.00 bits per heavy atom. The van der Waals surface area contributed by atoms with E-state index in [1.165, 1.54) is 12.1 Å². The molecule has 2 rings (SSSR count). The van der Waals surface area contributed by atoms with Crippen LogP contribution in [0.3, 0.4) is 0 Å². The number of rotatable bonds is 4. The highest BCUT2D eigenvalue weighted by Crippen LogP contribution is 2.32. The van der Waals surface area contributed by atoms with Crippen LogP contribution in [-0.4, -0.2) is 39.4 Å². The lowest BCUT2D eigenvalue weighted by Gasteiger charge is -2.19. The number of ether oxygens (including phenoxy) is 2. The minimum atomic E-state index is -3.65. The summed E-state index contributed by atoms with van der Waals surface area (Å²) in [5, 5.41) is 8.87. The standard InChI is InChI=1S/C11H15NO5S/c1-8(7-13)12-18(14,15)9-2-3-10-11(6-9)17-5-4-16-10/h2-3,6,8,12-13H,4-5,7H2,1H3/t8-/m1/s1. The predicted molar refractivity (Wildman–Crippen MR) is 64.3 cm³/mol. The molecule has 0 fully saturated rings. The van der Waals surface area contributed by atoms with Crippen LogP contribution in [0.15, 0.2) is 23.1 Å². The third kappa shape index (κ3) is 2.74. The van der Waals surface area contributed by atoms with Crippen LogP contribution in [0.4, 0.5) is 0 Å². The molecule has 0 saturated carbocycles. The van der Waals surface area contributed by atoms with E-state index in [4.69, 9.17) is 14.6 Å². The van der Waals surface area contributed by atoms with E-state index in [1.807, 2.05) is 0 Å². The Hall–Kier alpha value is -1.31. The molecule has 0 aliphatic carbocycles. The lowest BCUT2D eigenvalue weighted by atomic mass is 10.3. The van der Waals surface area contributed by atoms with Gasteiger partial charge in [-0.25, -0.2) is 13.1 Å². The summed E-state index contributed by atoms with van der Waals surface area (Å²) in [6.07, 6.45) is 0. The number of aliphatic hydroxyl groups excluding tert-OH is 1. The average Bonchev–Trinajstić information content (AvgIpc) is 2.37. The second-order valence-electron chi connectivity index (χ2n) is 4.01. The van der Waals surface area contributed by atoms with E-state index in [-0.39, 0.29) is 11.5 Å². The molecular formula is C11H15NO5S. The van der Waals surface area contributed by atoms with Crippen LogP contribution in [0.25, 0.3) is 0 Å². The van der Waals surface area contributed by atoms with Crippen molar-refractivity contribution in [3.05, 3.63) is 18.2 Å². The van der Waals surface area contributed by atoms with Crippen molar-refractivity contribution >= 4 is 10.0 Å². The van der Waals surface area contributed by atoms with Gasteiger partial charge in [0.25, 0.3) is 0 Å². The second kappa shape index (κ2) is 5.13. The van der Waals surface area contributed by atoms with Crippen LogP contribution < -0.4 is 14.2 Å². The van der Waals surface area contributed by atoms with Gasteiger partial charge >= 0.3 is 0 Å². The largest absolute Gasteiger partial charge is 0.486 e. The highest BCUT2D eigenvalue weighted by atomic mass is 32.2. The van der Waals surface area contributed by atoms with Crippen molar-refractivity contribution in [2.24, 2.45) is 0 Å². The van der Waals surface area contributed by atoms with Crippen LogP contribution in [0.2, 0.25) is 0 Å². The molecule has 0 saturated heterocycles. The van der Waals surface area contributed by atoms with E-state index in [9.17, 15) is 8.42 Å². The van der Waals surface area contributed by atoms with E-state index in [1.54, 1.807) is 13.0 Å². The Bertz CT molecular complexity index is 528. The van der Waals surface area contributed by atoms with Gasteiger partial charge in [0.2, 0.25) is 10.0 Å². The van der Waals surface area contributed by atoms with Gasteiger partial charge in [0.05, 0.1) is 11.5 Å². The summed E-state index contributed by atoms with van der Waals surface area (Å²) in [4.78, 5) is 0.0899. The summed E-state index contributed by atoms with van der Waals surface area (Å²) >= 11 is 0. The zero-order valence-corrected chi connectivity index (χ0v) is 10.7. The van der Waals surface area contributed by atoms with Gasteiger partial charge in [-0.05, 0) is 19.1 Å². The molecule has 2 N–H and O–H groups in total. The number of fused-ring (bicyclic) bond motifs is 1. The molecule has 18 heavy (non-hydrogen) atoms. The van der Waals surface area contributed by atoms with Gasteiger partial charge in [-0.2, -0.15) is 0 Å². The third-order valence-electron chi connectivity index (χ3n) is 2.45. The molecule has 1 atom stereocenters. The number of hydrogen-bond acceptors (Lipinski definition) is 5. The SMILES string of the molecule is C[C@H](CO)NS(=O)(=O)c1ccc2c(c1)OCCO2.